The van der Waals surface area contributed by atoms with Crippen LogP contribution in [0.4, 0.5) is 4.79 Å². The molecule has 0 radical (unpaired) electrons. The topological polar surface area (TPSA) is 83.9 Å². The van der Waals surface area contributed by atoms with E-state index in [-0.39, 0.29) is 6.04 Å². The minimum Gasteiger partial charge on any atom is -0.481 e. The molecule has 1 aliphatic carbocycles. The highest BCUT2D eigenvalue weighted by Gasteiger charge is 2.25. The molecule has 0 aliphatic heterocycles. The summed E-state index contributed by atoms with van der Waals surface area (Å²) in [6.45, 7) is 3.14. The molecule has 1 N–H and O–H groups in total. The van der Waals surface area contributed by atoms with Crippen molar-refractivity contribution in [3.8, 4) is 0 Å². The van der Waals surface area contributed by atoms with Gasteiger partial charge in [-0.1, -0.05) is 19.3 Å². The van der Waals surface area contributed by atoms with Crippen molar-refractivity contribution in [2.24, 2.45) is 0 Å². The molecule has 1 aliphatic rings. The Balaban J connectivity index is 0.000000631. The molecule has 0 saturated heterocycles. The van der Waals surface area contributed by atoms with Crippen LogP contribution in [-0.2, 0) is 14.3 Å². The van der Waals surface area contributed by atoms with Crippen LogP contribution in [0.5, 0.6) is 0 Å². The molecule has 1 fully saturated rings. The summed E-state index contributed by atoms with van der Waals surface area (Å²) in [5.41, 5.74) is 0. The standard InChI is InChI=1S/C10H17NO3.C2H4O2/c1-2-14-10(13)11(8-12)9-6-4-3-5-7-9;1-2(3)4/h8-9H,2-7H2,1H3;1H3,(H,3,4). The number of amides is 2. The summed E-state index contributed by atoms with van der Waals surface area (Å²) in [7, 11) is 0. The van der Waals surface area contributed by atoms with Crippen molar-refractivity contribution >= 4 is 18.5 Å². The van der Waals surface area contributed by atoms with Gasteiger partial charge in [0.15, 0.2) is 0 Å². The maximum absolute atomic E-state index is 11.3. The van der Waals surface area contributed by atoms with E-state index in [4.69, 9.17) is 14.6 Å². The highest BCUT2D eigenvalue weighted by atomic mass is 16.6. The minimum atomic E-state index is -0.833. The average molecular weight is 259 g/mol. The van der Waals surface area contributed by atoms with Gasteiger partial charge >= 0.3 is 6.09 Å². The first-order valence-corrected chi connectivity index (χ1v) is 6.12. The third kappa shape index (κ3) is 6.88. The second kappa shape index (κ2) is 9.44. The molecule has 0 aromatic rings. The molecule has 0 spiro atoms. The normalized spacial score (nSPS) is 15.0. The van der Waals surface area contributed by atoms with Gasteiger partial charge in [0.05, 0.1) is 6.61 Å². The Bertz CT molecular complexity index is 270. The largest absolute Gasteiger partial charge is 0.481 e. The van der Waals surface area contributed by atoms with E-state index in [0.717, 1.165) is 32.6 Å². The van der Waals surface area contributed by atoms with Crippen molar-refractivity contribution in [2.45, 2.75) is 52.0 Å². The second-order valence-corrected chi connectivity index (χ2v) is 4.02. The van der Waals surface area contributed by atoms with Crippen molar-refractivity contribution in [1.82, 2.24) is 4.90 Å². The zero-order valence-corrected chi connectivity index (χ0v) is 10.9. The van der Waals surface area contributed by atoms with Crippen LogP contribution >= 0.6 is 0 Å². The van der Waals surface area contributed by atoms with Gasteiger partial charge in [-0.15, -0.1) is 0 Å². The predicted molar refractivity (Wildman–Crippen MR) is 65.1 cm³/mol. The van der Waals surface area contributed by atoms with E-state index in [1.54, 1.807) is 6.92 Å². The maximum atomic E-state index is 11.3. The zero-order valence-electron chi connectivity index (χ0n) is 10.9. The van der Waals surface area contributed by atoms with E-state index in [1.165, 1.54) is 11.3 Å². The third-order valence-electron chi connectivity index (χ3n) is 2.56. The number of carboxylic acids is 1. The van der Waals surface area contributed by atoms with Crippen LogP contribution in [0.3, 0.4) is 0 Å². The number of aliphatic carboxylic acids is 1. The summed E-state index contributed by atoms with van der Waals surface area (Å²) >= 11 is 0. The van der Waals surface area contributed by atoms with Gasteiger partial charge in [0.25, 0.3) is 5.97 Å². The van der Waals surface area contributed by atoms with E-state index < -0.39 is 12.1 Å². The van der Waals surface area contributed by atoms with E-state index in [1.807, 2.05) is 0 Å². The lowest BCUT2D eigenvalue weighted by molar-refractivity contribution is -0.134. The molecule has 0 aromatic heterocycles. The number of hydrogen-bond donors (Lipinski definition) is 1. The molecular weight excluding hydrogens is 238 g/mol. The summed E-state index contributed by atoms with van der Waals surface area (Å²) in [4.78, 5) is 32.3. The number of hydrogen-bond acceptors (Lipinski definition) is 4. The minimum absolute atomic E-state index is 0.0558. The van der Waals surface area contributed by atoms with Crippen LogP contribution in [0, 0.1) is 0 Å². The van der Waals surface area contributed by atoms with Gasteiger partial charge in [-0.05, 0) is 19.8 Å². The first kappa shape index (κ1) is 16.4. The molecule has 1 saturated carbocycles. The Labute approximate surface area is 107 Å². The van der Waals surface area contributed by atoms with Gasteiger partial charge < -0.3 is 9.84 Å². The zero-order chi connectivity index (χ0) is 14.0. The van der Waals surface area contributed by atoms with Crippen molar-refractivity contribution in [3.05, 3.63) is 0 Å². The Morgan fingerprint density at radius 2 is 1.83 bits per heavy atom. The van der Waals surface area contributed by atoms with Crippen LogP contribution < -0.4 is 0 Å². The highest BCUT2D eigenvalue weighted by Crippen LogP contribution is 2.22. The van der Waals surface area contributed by atoms with Crippen molar-refractivity contribution in [1.29, 1.82) is 0 Å². The van der Waals surface area contributed by atoms with Crippen LogP contribution in [0.2, 0.25) is 0 Å². The smallest absolute Gasteiger partial charge is 0.416 e. The first-order valence-electron chi connectivity index (χ1n) is 6.12. The van der Waals surface area contributed by atoms with E-state index in [0.29, 0.717) is 13.0 Å². The number of ether oxygens (including phenoxy) is 1. The average Bonchev–Trinajstić information content (AvgIpc) is 2.31. The monoisotopic (exact) mass is 259 g/mol. The lowest BCUT2D eigenvalue weighted by Gasteiger charge is -2.28. The summed E-state index contributed by atoms with van der Waals surface area (Å²) < 4.78 is 4.80. The Hall–Kier alpha value is -1.59. The summed E-state index contributed by atoms with van der Waals surface area (Å²) in [6, 6.07) is 0.0558. The fourth-order valence-electron chi connectivity index (χ4n) is 1.84. The summed E-state index contributed by atoms with van der Waals surface area (Å²) in [6.07, 6.45) is 5.30. The molecule has 0 unspecified atom stereocenters. The van der Waals surface area contributed by atoms with Gasteiger partial charge in [0.1, 0.15) is 0 Å². The molecule has 0 aromatic carbocycles. The molecule has 18 heavy (non-hydrogen) atoms. The molecule has 0 heterocycles. The molecule has 6 heteroatoms. The van der Waals surface area contributed by atoms with Crippen LogP contribution in [0.1, 0.15) is 46.0 Å². The van der Waals surface area contributed by atoms with Crippen molar-refractivity contribution in [2.75, 3.05) is 6.61 Å². The second-order valence-electron chi connectivity index (χ2n) is 4.02. The Morgan fingerprint density at radius 3 is 2.22 bits per heavy atom. The van der Waals surface area contributed by atoms with Gasteiger partial charge in [-0.25, -0.2) is 9.69 Å². The number of imide groups is 1. The molecule has 6 nitrogen and oxygen atoms in total. The van der Waals surface area contributed by atoms with E-state index in [2.05, 4.69) is 0 Å². The van der Waals surface area contributed by atoms with Crippen molar-refractivity contribution < 1.29 is 24.2 Å². The van der Waals surface area contributed by atoms with Gasteiger partial charge in [-0.2, -0.15) is 0 Å². The quantitative estimate of drug-likeness (QED) is 0.784. The Kier molecular flexibility index (Phi) is 8.61. The number of carbonyl (C=O) groups excluding carboxylic acids is 2. The van der Waals surface area contributed by atoms with Gasteiger partial charge in [-0.3, -0.25) is 9.59 Å². The molecule has 0 bridgehead atoms. The number of rotatable bonds is 3. The SMILES string of the molecule is CC(=O)O.CCOC(=O)N(C=O)C1CCCCC1. The third-order valence-corrected chi connectivity index (χ3v) is 2.56. The number of carbonyl (C=O) groups is 3. The Morgan fingerprint density at radius 1 is 1.33 bits per heavy atom. The molecule has 2 amide bonds. The maximum Gasteiger partial charge on any atom is 0.416 e. The first-order chi connectivity index (χ1) is 8.52. The molecule has 104 valence electrons. The molecule has 1 rings (SSSR count). The highest BCUT2D eigenvalue weighted by molar-refractivity contribution is 5.80. The fraction of sp³-hybridized carbons (Fsp3) is 0.750. The lowest BCUT2D eigenvalue weighted by Crippen LogP contribution is -2.40. The van der Waals surface area contributed by atoms with E-state index >= 15 is 0 Å². The number of nitrogens with zero attached hydrogens (tertiary/aromatic N) is 1. The van der Waals surface area contributed by atoms with Crippen LogP contribution in [-0.4, -0.2) is 41.1 Å². The summed E-state index contributed by atoms with van der Waals surface area (Å²) in [5, 5.41) is 7.42. The number of carboxylic acid groups (broad SMARTS) is 1. The molecule has 0 atom stereocenters. The van der Waals surface area contributed by atoms with Gasteiger partial charge in [0.2, 0.25) is 6.41 Å². The summed E-state index contributed by atoms with van der Waals surface area (Å²) in [5.74, 6) is -0.833. The van der Waals surface area contributed by atoms with E-state index in [9.17, 15) is 9.59 Å². The lowest BCUT2D eigenvalue weighted by atomic mass is 9.95. The fourth-order valence-corrected chi connectivity index (χ4v) is 1.84. The predicted octanol–water partition coefficient (Wildman–Crippen LogP) is 2.02. The molecular formula is C12H21NO5. The van der Waals surface area contributed by atoms with Crippen LogP contribution in [0.25, 0.3) is 0 Å². The van der Waals surface area contributed by atoms with Gasteiger partial charge in [0, 0.05) is 13.0 Å². The van der Waals surface area contributed by atoms with Crippen LogP contribution in [0.15, 0.2) is 0 Å². The van der Waals surface area contributed by atoms with Crippen molar-refractivity contribution in [3.63, 3.8) is 0 Å².